The fourth-order valence-corrected chi connectivity index (χ4v) is 1.60. The second kappa shape index (κ2) is 6.45. The minimum atomic E-state index is -2.39. The Kier molecular flexibility index (Phi) is 5.23. The third kappa shape index (κ3) is 4.41. The maximum absolute atomic E-state index is 10.6. The van der Waals surface area contributed by atoms with Crippen molar-refractivity contribution in [2.24, 2.45) is 5.73 Å². The summed E-state index contributed by atoms with van der Waals surface area (Å²) < 4.78 is 23.5. The number of benzene rings is 1. The van der Waals surface area contributed by atoms with Gasteiger partial charge in [-0.25, -0.2) is 5.06 Å². The lowest BCUT2D eigenvalue weighted by atomic mass is 10.1. The highest BCUT2D eigenvalue weighted by atomic mass is 32.2. The zero-order valence-electron chi connectivity index (χ0n) is 9.65. The largest absolute Gasteiger partial charge is 0.480 e. The highest BCUT2D eigenvalue weighted by molar-refractivity contribution is 7.74. The van der Waals surface area contributed by atoms with E-state index >= 15 is 0 Å². The number of nitrogens with two attached hydrogens (primary N) is 1. The van der Waals surface area contributed by atoms with Gasteiger partial charge in [0.05, 0.1) is 5.69 Å². The Hall–Kier alpha value is -1.48. The molecule has 0 spiro atoms. The molecule has 1 aromatic carbocycles. The van der Waals surface area contributed by atoms with Crippen LogP contribution in [0.3, 0.4) is 0 Å². The van der Waals surface area contributed by atoms with E-state index in [2.05, 4.69) is 4.28 Å². The molecule has 7 nitrogen and oxygen atoms in total. The molecule has 1 aromatic rings. The Morgan fingerprint density at radius 2 is 2.06 bits per heavy atom. The number of carboxylic acid groups (broad SMARTS) is 1. The molecule has 0 aliphatic heterocycles. The van der Waals surface area contributed by atoms with E-state index in [1.54, 1.807) is 24.3 Å². The fraction of sp³-hybridized carbons (Fsp3) is 0.300. The van der Waals surface area contributed by atoms with Crippen molar-refractivity contribution in [2.75, 3.05) is 12.1 Å². The quantitative estimate of drug-likeness (QED) is 0.499. The minimum absolute atomic E-state index is 0.214. The number of anilines is 1. The summed E-state index contributed by atoms with van der Waals surface area (Å²) in [5.41, 5.74) is 6.72. The summed E-state index contributed by atoms with van der Waals surface area (Å²) in [6.45, 7) is 0. The van der Waals surface area contributed by atoms with Gasteiger partial charge in [0.2, 0.25) is 0 Å². The van der Waals surface area contributed by atoms with Crippen molar-refractivity contribution in [3.05, 3.63) is 29.8 Å². The van der Waals surface area contributed by atoms with Crippen LogP contribution in [0.2, 0.25) is 0 Å². The smallest absolute Gasteiger partial charge is 0.325 e. The molecule has 18 heavy (non-hydrogen) atoms. The first-order valence-corrected chi connectivity index (χ1v) is 6.03. The standard InChI is InChI=1S/C10H14N2O5S/c1-12(17-18(15)16)8-4-2-7(3-5-8)6-9(11)10(13)14/h2-5,9H,6,11H2,1H3,(H,13,14)(H,15,16)/t9-/m0/s1. The third-order valence-electron chi connectivity index (χ3n) is 2.25. The normalized spacial score (nSPS) is 13.9. The molecule has 0 heterocycles. The van der Waals surface area contributed by atoms with Crippen LogP contribution in [0.4, 0.5) is 5.69 Å². The summed E-state index contributed by atoms with van der Waals surface area (Å²) in [6.07, 6.45) is 0.214. The lowest BCUT2D eigenvalue weighted by Crippen LogP contribution is -2.32. The summed E-state index contributed by atoms with van der Waals surface area (Å²) in [6, 6.07) is 5.68. The lowest BCUT2D eigenvalue weighted by Gasteiger charge is -2.15. The van der Waals surface area contributed by atoms with Crippen LogP contribution < -0.4 is 10.8 Å². The number of hydrogen-bond donors (Lipinski definition) is 3. The number of rotatable bonds is 6. The molecule has 1 rings (SSSR count). The molecule has 0 aromatic heterocycles. The van der Waals surface area contributed by atoms with Gasteiger partial charge in [0.15, 0.2) is 0 Å². The fourth-order valence-electron chi connectivity index (χ4n) is 1.32. The number of nitrogens with zero attached hydrogens (tertiary/aromatic N) is 1. The topological polar surface area (TPSA) is 113 Å². The van der Waals surface area contributed by atoms with Gasteiger partial charge in [0.25, 0.3) is 0 Å². The predicted octanol–water partition coefficient (Wildman–Crippen LogP) is 0.146. The summed E-state index contributed by atoms with van der Waals surface area (Å²) >= 11 is -2.39. The van der Waals surface area contributed by atoms with Gasteiger partial charge in [-0.15, -0.1) is 4.28 Å². The molecular weight excluding hydrogens is 260 g/mol. The third-order valence-corrected chi connectivity index (χ3v) is 2.60. The van der Waals surface area contributed by atoms with Crippen LogP contribution in [0.15, 0.2) is 24.3 Å². The van der Waals surface area contributed by atoms with Crippen LogP contribution >= 0.6 is 0 Å². The Morgan fingerprint density at radius 1 is 1.50 bits per heavy atom. The summed E-state index contributed by atoms with van der Waals surface area (Å²) in [4.78, 5) is 10.6. The maximum Gasteiger partial charge on any atom is 0.325 e. The second-order valence-corrected chi connectivity index (χ2v) is 4.19. The van der Waals surface area contributed by atoms with Gasteiger partial charge in [0.1, 0.15) is 6.04 Å². The highest BCUT2D eigenvalue weighted by Gasteiger charge is 2.12. The molecule has 1 unspecified atom stereocenters. The first kappa shape index (κ1) is 14.6. The van der Waals surface area contributed by atoms with E-state index in [9.17, 15) is 9.00 Å². The van der Waals surface area contributed by atoms with Crippen LogP contribution in [0.1, 0.15) is 5.56 Å². The van der Waals surface area contributed by atoms with Gasteiger partial charge < -0.3 is 10.8 Å². The van der Waals surface area contributed by atoms with Gasteiger partial charge in [-0.05, 0) is 24.1 Å². The Balaban J connectivity index is 2.68. The predicted molar refractivity (Wildman–Crippen MR) is 66.0 cm³/mol. The minimum Gasteiger partial charge on any atom is -0.480 e. The molecule has 0 saturated heterocycles. The SMILES string of the molecule is CN(OS(=O)O)c1ccc(C[C@H](N)C(=O)O)cc1. The van der Waals surface area contributed by atoms with E-state index in [-0.39, 0.29) is 6.42 Å². The van der Waals surface area contributed by atoms with E-state index in [0.29, 0.717) is 5.69 Å². The van der Waals surface area contributed by atoms with Gasteiger partial charge in [-0.3, -0.25) is 9.35 Å². The number of carbonyl (C=O) groups is 1. The molecule has 8 heteroatoms. The molecule has 0 aliphatic rings. The van der Waals surface area contributed by atoms with E-state index in [1.807, 2.05) is 0 Å². The van der Waals surface area contributed by atoms with Gasteiger partial charge >= 0.3 is 17.3 Å². The van der Waals surface area contributed by atoms with E-state index in [0.717, 1.165) is 10.6 Å². The van der Waals surface area contributed by atoms with Gasteiger partial charge in [0, 0.05) is 7.05 Å². The van der Waals surface area contributed by atoms with Crippen molar-refractivity contribution in [1.82, 2.24) is 0 Å². The van der Waals surface area contributed by atoms with Crippen molar-refractivity contribution >= 4 is 23.0 Å². The average Bonchev–Trinajstić information content (AvgIpc) is 2.28. The van der Waals surface area contributed by atoms with Crippen molar-refractivity contribution < 1.29 is 22.9 Å². The summed E-state index contributed by atoms with van der Waals surface area (Å²) in [7, 11) is 1.48. The lowest BCUT2D eigenvalue weighted by molar-refractivity contribution is -0.138. The molecule has 0 fully saturated rings. The molecular formula is C10H14N2O5S. The van der Waals surface area contributed by atoms with Crippen molar-refractivity contribution in [1.29, 1.82) is 0 Å². The second-order valence-electron chi connectivity index (χ2n) is 3.60. The van der Waals surface area contributed by atoms with E-state index in [4.69, 9.17) is 15.4 Å². The van der Waals surface area contributed by atoms with Gasteiger partial charge in [-0.1, -0.05) is 12.1 Å². The van der Waals surface area contributed by atoms with Crippen LogP contribution in [0, 0.1) is 0 Å². The first-order valence-electron chi connectivity index (χ1n) is 5.00. The number of carboxylic acids is 1. The van der Waals surface area contributed by atoms with Crippen molar-refractivity contribution in [3.8, 4) is 0 Å². The molecule has 0 amide bonds. The number of aliphatic carboxylic acids is 1. The summed E-state index contributed by atoms with van der Waals surface area (Å²) in [5, 5.41) is 9.81. The monoisotopic (exact) mass is 274 g/mol. The Bertz CT molecular complexity index is 436. The van der Waals surface area contributed by atoms with Crippen LogP contribution in [0.25, 0.3) is 0 Å². The summed E-state index contributed by atoms with van der Waals surface area (Å²) in [5.74, 6) is -1.06. The molecule has 0 bridgehead atoms. The molecule has 2 atom stereocenters. The Morgan fingerprint density at radius 3 is 2.50 bits per heavy atom. The highest BCUT2D eigenvalue weighted by Crippen LogP contribution is 2.15. The number of hydroxylamine groups is 1. The van der Waals surface area contributed by atoms with Crippen LogP contribution in [-0.4, -0.2) is 32.9 Å². The molecule has 100 valence electrons. The first-order chi connectivity index (χ1) is 8.40. The molecule has 4 N–H and O–H groups in total. The zero-order chi connectivity index (χ0) is 13.7. The molecule has 0 saturated carbocycles. The van der Waals surface area contributed by atoms with Crippen molar-refractivity contribution in [3.63, 3.8) is 0 Å². The average molecular weight is 274 g/mol. The van der Waals surface area contributed by atoms with Gasteiger partial charge in [-0.2, -0.15) is 4.21 Å². The van der Waals surface area contributed by atoms with Crippen LogP contribution in [0.5, 0.6) is 0 Å². The van der Waals surface area contributed by atoms with Crippen LogP contribution in [-0.2, 0) is 26.9 Å². The zero-order valence-corrected chi connectivity index (χ0v) is 10.5. The maximum atomic E-state index is 10.6. The van der Waals surface area contributed by atoms with Crippen molar-refractivity contribution in [2.45, 2.75) is 12.5 Å². The van der Waals surface area contributed by atoms with E-state index in [1.165, 1.54) is 7.05 Å². The molecule has 0 aliphatic carbocycles. The Labute approximate surface area is 107 Å². The number of hydrogen-bond acceptors (Lipinski definition) is 5. The molecule has 0 radical (unpaired) electrons. The van der Waals surface area contributed by atoms with E-state index < -0.39 is 23.4 Å².